The first-order chi connectivity index (χ1) is 8.15. The van der Waals surface area contributed by atoms with E-state index in [0.29, 0.717) is 17.6 Å². The first-order valence-corrected chi connectivity index (χ1v) is 5.87. The number of H-pyrrole nitrogens is 1. The van der Waals surface area contributed by atoms with Gasteiger partial charge in [0, 0.05) is 24.6 Å². The predicted octanol–water partition coefficient (Wildman–Crippen LogP) is -0.395. The Morgan fingerprint density at radius 2 is 2.47 bits per heavy atom. The maximum Gasteiger partial charge on any atom is 0.252 e. The average molecular weight is 236 g/mol. The number of aromatic nitrogens is 2. The van der Waals surface area contributed by atoms with Gasteiger partial charge in [-0.3, -0.25) is 4.79 Å². The molecular formula is C11H16N4O2. The lowest BCUT2D eigenvalue weighted by Gasteiger charge is -2.45. The van der Waals surface area contributed by atoms with Crippen molar-refractivity contribution in [3.05, 3.63) is 22.2 Å². The standard InChI is InChI=1S/C11H16N4O2/c1-5-13-7(4-8(16)14-5)15-10-9(12)6-2-3-17-11(6)10/h4,6,9-11H,2-3,12H2,1H3,(H2,13,14,15,16). The number of ether oxygens (including phenoxy) is 1. The van der Waals surface area contributed by atoms with Crippen molar-refractivity contribution >= 4 is 5.82 Å². The van der Waals surface area contributed by atoms with Gasteiger partial charge in [-0.15, -0.1) is 0 Å². The Hall–Kier alpha value is -1.40. The molecule has 1 aromatic rings. The molecule has 2 aliphatic rings. The molecule has 0 aromatic carbocycles. The summed E-state index contributed by atoms with van der Waals surface area (Å²) in [4.78, 5) is 18.1. The molecule has 2 fully saturated rings. The molecule has 0 radical (unpaired) electrons. The second-order valence-electron chi connectivity index (χ2n) is 4.75. The van der Waals surface area contributed by atoms with Crippen LogP contribution < -0.4 is 16.6 Å². The molecule has 17 heavy (non-hydrogen) atoms. The van der Waals surface area contributed by atoms with Gasteiger partial charge in [0.05, 0.1) is 12.1 Å². The first kappa shape index (κ1) is 10.7. The minimum Gasteiger partial charge on any atom is -0.376 e. The zero-order chi connectivity index (χ0) is 12.0. The summed E-state index contributed by atoms with van der Waals surface area (Å²) in [5, 5.41) is 3.20. The fourth-order valence-corrected chi connectivity index (χ4v) is 2.75. The smallest absolute Gasteiger partial charge is 0.252 e. The summed E-state index contributed by atoms with van der Waals surface area (Å²) in [5.41, 5.74) is 5.92. The Morgan fingerprint density at radius 3 is 3.24 bits per heavy atom. The Morgan fingerprint density at radius 1 is 1.65 bits per heavy atom. The number of nitrogens with one attached hydrogen (secondary N) is 2. The highest BCUT2D eigenvalue weighted by atomic mass is 16.5. The molecule has 4 N–H and O–H groups in total. The zero-order valence-electron chi connectivity index (χ0n) is 9.64. The van der Waals surface area contributed by atoms with Crippen LogP contribution in [0.4, 0.5) is 5.82 Å². The molecule has 3 rings (SSSR count). The molecule has 1 aromatic heterocycles. The van der Waals surface area contributed by atoms with Crippen LogP contribution in [-0.4, -0.2) is 34.8 Å². The van der Waals surface area contributed by atoms with Crippen molar-refractivity contribution < 1.29 is 4.74 Å². The second-order valence-corrected chi connectivity index (χ2v) is 4.75. The number of aryl methyl sites for hydroxylation is 1. The molecule has 1 aliphatic carbocycles. The van der Waals surface area contributed by atoms with E-state index in [1.165, 1.54) is 6.07 Å². The minimum atomic E-state index is -0.156. The summed E-state index contributed by atoms with van der Waals surface area (Å²) in [7, 11) is 0. The maximum atomic E-state index is 11.3. The fourth-order valence-electron chi connectivity index (χ4n) is 2.75. The molecule has 0 spiro atoms. The van der Waals surface area contributed by atoms with E-state index in [1.54, 1.807) is 6.92 Å². The largest absolute Gasteiger partial charge is 0.376 e. The van der Waals surface area contributed by atoms with Gasteiger partial charge in [-0.25, -0.2) is 4.98 Å². The monoisotopic (exact) mass is 236 g/mol. The summed E-state index contributed by atoms with van der Waals surface area (Å²) in [6.45, 7) is 2.53. The zero-order valence-corrected chi connectivity index (χ0v) is 9.64. The molecule has 6 heteroatoms. The molecule has 92 valence electrons. The van der Waals surface area contributed by atoms with Crippen LogP contribution in [0.25, 0.3) is 0 Å². The molecular weight excluding hydrogens is 220 g/mol. The van der Waals surface area contributed by atoms with E-state index in [2.05, 4.69) is 15.3 Å². The maximum absolute atomic E-state index is 11.3. The van der Waals surface area contributed by atoms with Gasteiger partial charge >= 0.3 is 0 Å². The summed E-state index contributed by atoms with van der Waals surface area (Å²) < 4.78 is 5.61. The van der Waals surface area contributed by atoms with Gasteiger partial charge in [-0.1, -0.05) is 0 Å². The number of aromatic amines is 1. The van der Waals surface area contributed by atoms with Gasteiger partial charge in [-0.05, 0) is 13.3 Å². The van der Waals surface area contributed by atoms with Crippen LogP contribution >= 0.6 is 0 Å². The van der Waals surface area contributed by atoms with Gasteiger partial charge in [0.1, 0.15) is 11.6 Å². The number of rotatable bonds is 2. The lowest BCUT2D eigenvalue weighted by atomic mass is 9.72. The van der Waals surface area contributed by atoms with E-state index < -0.39 is 0 Å². The number of hydrogen-bond donors (Lipinski definition) is 3. The summed E-state index contributed by atoms with van der Waals surface area (Å²) in [5.74, 6) is 1.62. The van der Waals surface area contributed by atoms with E-state index in [9.17, 15) is 4.79 Å². The van der Waals surface area contributed by atoms with Gasteiger partial charge in [0.2, 0.25) is 0 Å². The number of anilines is 1. The highest BCUT2D eigenvalue weighted by Crippen LogP contribution is 2.38. The van der Waals surface area contributed by atoms with Gasteiger partial charge < -0.3 is 20.8 Å². The number of hydrogen-bond acceptors (Lipinski definition) is 5. The van der Waals surface area contributed by atoms with Crippen LogP contribution in [-0.2, 0) is 4.74 Å². The van der Waals surface area contributed by atoms with Gasteiger partial charge in [-0.2, -0.15) is 0 Å². The first-order valence-electron chi connectivity index (χ1n) is 5.87. The van der Waals surface area contributed by atoms with Crippen LogP contribution in [0.1, 0.15) is 12.2 Å². The quantitative estimate of drug-likeness (QED) is 0.650. The van der Waals surface area contributed by atoms with Crippen molar-refractivity contribution in [3.8, 4) is 0 Å². The molecule has 0 bridgehead atoms. The molecule has 6 nitrogen and oxygen atoms in total. The van der Waals surface area contributed by atoms with Gasteiger partial charge in [0.25, 0.3) is 5.56 Å². The summed E-state index contributed by atoms with van der Waals surface area (Å²) in [6, 6.07) is 1.60. The molecule has 1 saturated heterocycles. The predicted molar refractivity (Wildman–Crippen MR) is 62.8 cm³/mol. The van der Waals surface area contributed by atoms with E-state index in [4.69, 9.17) is 10.5 Å². The summed E-state index contributed by atoms with van der Waals surface area (Å²) >= 11 is 0. The number of fused-ring (bicyclic) bond motifs is 1. The van der Waals surface area contributed by atoms with Crippen molar-refractivity contribution in [1.29, 1.82) is 0 Å². The van der Waals surface area contributed by atoms with Crippen LogP contribution in [0.2, 0.25) is 0 Å². The SMILES string of the molecule is Cc1nc(NC2C(N)C3CCOC32)cc(=O)[nH]1. The number of nitrogens with zero attached hydrogens (tertiary/aromatic N) is 1. The van der Waals surface area contributed by atoms with Crippen LogP contribution in [0.3, 0.4) is 0 Å². The Bertz CT molecular complexity index is 487. The lowest BCUT2D eigenvalue weighted by molar-refractivity contribution is 0.00522. The summed E-state index contributed by atoms with van der Waals surface area (Å²) in [6.07, 6.45) is 1.21. The second kappa shape index (κ2) is 3.82. The highest BCUT2D eigenvalue weighted by molar-refractivity contribution is 5.37. The molecule has 4 unspecified atom stereocenters. The van der Waals surface area contributed by atoms with Gasteiger partial charge in [0.15, 0.2) is 0 Å². The van der Waals surface area contributed by atoms with Crippen LogP contribution in [0.15, 0.2) is 10.9 Å². The third kappa shape index (κ3) is 1.73. The third-order valence-electron chi connectivity index (χ3n) is 3.62. The van der Waals surface area contributed by atoms with E-state index in [1.807, 2.05) is 0 Å². The average Bonchev–Trinajstić information content (AvgIpc) is 2.69. The van der Waals surface area contributed by atoms with Crippen molar-refractivity contribution in [2.75, 3.05) is 11.9 Å². The van der Waals surface area contributed by atoms with Crippen molar-refractivity contribution in [3.63, 3.8) is 0 Å². The Balaban J connectivity index is 1.77. The van der Waals surface area contributed by atoms with E-state index in [-0.39, 0.29) is 23.7 Å². The van der Waals surface area contributed by atoms with Crippen molar-refractivity contribution in [2.24, 2.45) is 11.7 Å². The lowest BCUT2D eigenvalue weighted by Crippen LogP contribution is -2.65. The van der Waals surface area contributed by atoms with Crippen molar-refractivity contribution in [1.82, 2.24) is 9.97 Å². The van der Waals surface area contributed by atoms with E-state index >= 15 is 0 Å². The Labute approximate surface area is 98.6 Å². The minimum absolute atomic E-state index is 0.0659. The molecule has 4 atom stereocenters. The molecule has 1 saturated carbocycles. The highest BCUT2D eigenvalue weighted by Gasteiger charge is 2.52. The van der Waals surface area contributed by atoms with Crippen LogP contribution in [0, 0.1) is 12.8 Å². The van der Waals surface area contributed by atoms with Crippen LogP contribution in [0.5, 0.6) is 0 Å². The Kier molecular flexibility index (Phi) is 2.41. The van der Waals surface area contributed by atoms with E-state index in [0.717, 1.165) is 13.0 Å². The third-order valence-corrected chi connectivity index (χ3v) is 3.62. The molecule has 0 amide bonds. The fraction of sp³-hybridized carbons (Fsp3) is 0.636. The van der Waals surface area contributed by atoms with Crippen molar-refractivity contribution in [2.45, 2.75) is 31.5 Å². The molecule has 1 aliphatic heterocycles. The number of nitrogens with two attached hydrogens (primary N) is 1. The topological polar surface area (TPSA) is 93.0 Å². The molecule has 2 heterocycles. The normalized spacial score (nSPS) is 35.2.